The van der Waals surface area contributed by atoms with Crippen LogP contribution in [0, 0.1) is 5.82 Å². The predicted octanol–water partition coefficient (Wildman–Crippen LogP) is 1.80. The molecule has 1 aliphatic rings. The van der Waals surface area contributed by atoms with E-state index in [4.69, 9.17) is 10.5 Å². The lowest BCUT2D eigenvalue weighted by Crippen LogP contribution is -2.35. The van der Waals surface area contributed by atoms with E-state index in [1.807, 2.05) is 12.2 Å². The Bertz CT molecular complexity index is 605. The van der Waals surface area contributed by atoms with Gasteiger partial charge in [-0.05, 0) is 31.4 Å². The van der Waals surface area contributed by atoms with Crippen LogP contribution in [-0.4, -0.2) is 21.6 Å². The maximum Gasteiger partial charge on any atom is 0.241 e. The number of benzene rings is 1. The molecule has 20 heavy (non-hydrogen) atoms. The average Bonchev–Trinajstić information content (AvgIpc) is 2.39. The van der Waals surface area contributed by atoms with Crippen LogP contribution in [0.5, 0.6) is 5.75 Å². The number of rotatable bonds is 4. The highest BCUT2D eigenvalue weighted by Crippen LogP contribution is 2.28. The molecule has 0 bridgehead atoms. The summed E-state index contributed by atoms with van der Waals surface area (Å²) in [5.41, 5.74) is 5.55. The minimum absolute atomic E-state index is 0.0450. The van der Waals surface area contributed by atoms with Gasteiger partial charge in [0.15, 0.2) is 11.6 Å². The largest absolute Gasteiger partial charge is 0.492 e. The van der Waals surface area contributed by atoms with Gasteiger partial charge in [0.2, 0.25) is 10.0 Å². The minimum Gasteiger partial charge on any atom is -0.492 e. The molecule has 1 atom stereocenters. The number of methoxy groups -OCH3 is 1. The number of hydrogen-bond acceptors (Lipinski definition) is 4. The highest BCUT2D eigenvalue weighted by atomic mass is 32.2. The van der Waals surface area contributed by atoms with Gasteiger partial charge in [0.1, 0.15) is 0 Å². The number of allylic oxidation sites excluding steroid dienone is 1. The molecule has 0 heterocycles. The summed E-state index contributed by atoms with van der Waals surface area (Å²) in [5, 5.41) is 0. The Morgan fingerprint density at radius 3 is 2.70 bits per heavy atom. The van der Waals surface area contributed by atoms with Crippen molar-refractivity contribution in [2.45, 2.75) is 30.2 Å². The topological polar surface area (TPSA) is 81.4 Å². The van der Waals surface area contributed by atoms with Gasteiger partial charge >= 0.3 is 0 Å². The highest BCUT2D eigenvalue weighted by Gasteiger charge is 2.23. The fourth-order valence-corrected chi connectivity index (χ4v) is 3.48. The Morgan fingerprint density at radius 1 is 1.40 bits per heavy atom. The summed E-state index contributed by atoms with van der Waals surface area (Å²) in [7, 11) is -2.52. The summed E-state index contributed by atoms with van der Waals surface area (Å²) in [6.07, 6.45) is 6.12. The van der Waals surface area contributed by atoms with Crippen LogP contribution >= 0.6 is 0 Å². The molecule has 0 saturated carbocycles. The van der Waals surface area contributed by atoms with E-state index in [0.29, 0.717) is 6.42 Å². The van der Waals surface area contributed by atoms with Gasteiger partial charge in [-0.25, -0.2) is 17.5 Å². The molecule has 0 amide bonds. The third-order valence-electron chi connectivity index (χ3n) is 3.15. The molecule has 1 aliphatic carbocycles. The molecule has 0 spiro atoms. The smallest absolute Gasteiger partial charge is 0.241 e. The van der Waals surface area contributed by atoms with Crippen LogP contribution in [0.15, 0.2) is 29.2 Å². The van der Waals surface area contributed by atoms with E-state index in [1.165, 1.54) is 13.2 Å². The van der Waals surface area contributed by atoms with Gasteiger partial charge in [0.05, 0.1) is 17.7 Å². The molecule has 1 aromatic rings. The standard InChI is InChI=1S/C13H17FN2O3S/c1-19-13-11(14)7-10(8-12(13)15)20(17,18)16-9-5-3-2-4-6-9/h2-3,7-9,16H,4-6,15H2,1H3. The van der Waals surface area contributed by atoms with Crippen molar-refractivity contribution in [3.05, 3.63) is 30.1 Å². The Morgan fingerprint density at radius 2 is 2.15 bits per heavy atom. The zero-order valence-corrected chi connectivity index (χ0v) is 11.9. The van der Waals surface area contributed by atoms with Crippen molar-refractivity contribution in [1.29, 1.82) is 0 Å². The Balaban J connectivity index is 2.27. The van der Waals surface area contributed by atoms with Crippen LogP contribution in [0.4, 0.5) is 10.1 Å². The fraction of sp³-hybridized carbons (Fsp3) is 0.385. The molecule has 1 aromatic carbocycles. The Labute approximate surface area is 117 Å². The number of nitrogens with one attached hydrogen (secondary N) is 1. The number of ether oxygens (including phenoxy) is 1. The first-order chi connectivity index (χ1) is 9.44. The van der Waals surface area contributed by atoms with E-state index in [-0.39, 0.29) is 22.4 Å². The zero-order valence-electron chi connectivity index (χ0n) is 11.1. The van der Waals surface area contributed by atoms with E-state index in [0.717, 1.165) is 18.9 Å². The van der Waals surface area contributed by atoms with Crippen LogP contribution in [0.25, 0.3) is 0 Å². The maximum atomic E-state index is 13.7. The van der Waals surface area contributed by atoms with Crippen LogP contribution < -0.4 is 15.2 Å². The quantitative estimate of drug-likeness (QED) is 0.656. The number of nitrogen functional groups attached to an aromatic ring is 1. The number of nitrogens with two attached hydrogens (primary N) is 1. The molecule has 0 aromatic heterocycles. The average molecular weight is 300 g/mol. The molecule has 7 heteroatoms. The molecule has 2 rings (SSSR count). The molecular formula is C13H17FN2O3S. The van der Waals surface area contributed by atoms with E-state index in [9.17, 15) is 12.8 Å². The first kappa shape index (κ1) is 14.8. The lowest BCUT2D eigenvalue weighted by atomic mass is 10.0. The second-order valence-corrected chi connectivity index (χ2v) is 6.34. The summed E-state index contributed by atoms with van der Waals surface area (Å²) in [6.45, 7) is 0. The monoisotopic (exact) mass is 300 g/mol. The van der Waals surface area contributed by atoms with E-state index in [2.05, 4.69) is 4.72 Å². The van der Waals surface area contributed by atoms with Crippen molar-refractivity contribution in [3.63, 3.8) is 0 Å². The molecule has 0 saturated heterocycles. The van der Waals surface area contributed by atoms with Crippen molar-refractivity contribution < 1.29 is 17.5 Å². The third-order valence-corrected chi connectivity index (χ3v) is 4.65. The van der Waals surface area contributed by atoms with E-state index in [1.54, 1.807) is 0 Å². The molecule has 0 fully saturated rings. The summed E-state index contributed by atoms with van der Waals surface area (Å²) in [6, 6.07) is 1.94. The van der Waals surface area contributed by atoms with Crippen molar-refractivity contribution in [2.75, 3.05) is 12.8 Å². The van der Waals surface area contributed by atoms with Crippen molar-refractivity contribution in [2.24, 2.45) is 0 Å². The van der Waals surface area contributed by atoms with E-state index >= 15 is 0 Å². The number of anilines is 1. The Hall–Kier alpha value is -1.60. The number of halogens is 1. The molecule has 0 radical (unpaired) electrons. The second-order valence-electron chi connectivity index (χ2n) is 4.63. The van der Waals surface area contributed by atoms with Crippen molar-refractivity contribution in [1.82, 2.24) is 4.72 Å². The molecule has 3 N–H and O–H groups in total. The minimum atomic E-state index is -3.79. The number of sulfonamides is 1. The first-order valence-corrected chi connectivity index (χ1v) is 7.72. The van der Waals surface area contributed by atoms with Crippen molar-refractivity contribution in [3.8, 4) is 5.75 Å². The van der Waals surface area contributed by atoms with Gasteiger partial charge in [-0.1, -0.05) is 12.2 Å². The summed E-state index contributed by atoms with van der Waals surface area (Å²) in [4.78, 5) is -0.192. The number of hydrogen-bond donors (Lipinski definition) is 2. The van der Waals surface area contributed by atoms with Crippen LogP contribution in [0.2, 0.25) is 0 Å². The molecule has 5 nitrogen and oxygen atoms in total. The van der Waals surface area contributed by atoms with Crippen LogP contribution in [-0.2, 0) is 10.0 Å². The van der Waals surface area contributed by atoms with Gasteiger partial charge in [-0.3, -0.25) is 0 Å². The molecule has 1 unspecified atom stereocenters. The summed E-state index contributed by atoms with van der Waals surface area (Å²) >= 11 is 0. The van der Waals surface area contributed by atoms with E-state index < -0.39 is 15.8 Å². The molecule has 0 aliphatic heterocycles. The SMILES string of the molecule is COc1c(N)cc(S(=O)(=O)NC2CC=CCC2)cc1F. The summed E-state index contributed by atoms with van der Waals surface area (Å²) in [5.74, 6) is -0.944. The maximum absolute atomic E-state index is 13.7. The van der Waals surface area contributed by atoms with Crippen molar-refractivity contribution >= 4 is 15.7 Å². The lowest BCUT2D eigenvalue weighted by molar-refractivity contribution is 0.388. The fourth-order valence-electron chi connectivity index (χ4n) is 2.15. The van der Waals surface area contributed by atoms with Crippen LogP contribution in [0.3, 0.4) is 0 Å². The van der Waals surface area contributed by atoms with Gasteiger partial charge in [-0.15, -0.1) is 0 Å². The van der Waals surface area contributed by atoms with Gasteiger partial charge in [0, 0.05) is 6.04 Å². The first-order valence-electron chi connectivity index (χ1n) is 6.24. The predicted molar refractivity (Wildman–Crippen MR) is 74.5 cm³/mol. The lowest BCUT2D eigenvalue weighted by Gasteiger charge is -2.19. The van der Waals surface area contributed by atoms with Gasteiger partial charge in [-0.2, -0.15) is 0 Å². The summed E-state index contributed by atoms with van der Waals surface area (Å²) < 4.78 is 45.5. The molecule has 110 valence electrons. The van der Waals surface area contributed by atoms with Gasteiger partial charge in [0.25, 0.3) is 0 Å². The normalized spacial score (nSPS) is 19.0. The molecular weight excluding hydrogens is 283 g/mol. The van der Waals surface area contributed by atoms with Crippen LogP contribution in [0.1, 0.15) is 19.3 Å². The third kappa shape index (κ3) is 3.10. The Kier molecular flexibility index (Phi) is 4.29. The van der Waals surface area contributed by atoms with Gasteiger partial charge < -0.3 is 10.5 Å². The highest BCUT2D eigenvalue weighted by molar-refractivity contribution is 7.89. The zero-order chi connectivity index (χ0) is 14.8. The second kappa shape index (κ2) is 5.80.